The van der Waals surface area contributed by atoms with Crippen LogP contribution < -0.4 is 48.3 Å². The molecular formula is C32H43N11O9. The van der Waals surface area contributed by atoms with Gasteiger partial charge in [-0.3, -0.25) is 43.2 Å². The predicted octanol–water partition coefficient (Wildman–Crippen LogP) is -4.71. The van der Waals surface area contributed by atoms with Crippen LogP contribution in [0, 0.1) is 0 Å². The molecule has 0 saturated carbocycles. The third-order valence-corrected chi connectivity index (χ3v) is 7.60. The minimum atomic E-state index is -1.36. The molecule has 0 spiro atoms. The van der Waals surface area contributed by atoms with Gasteiger partial charge >= 0.3 is 0 Å². The fourth-order valence-electron chi connectivity index (χ4n) is 4.97. The van der Waals surface area contributed by atoms with E-state index in [9.17, 15) is 43.2 Å². The second kappa shape index (κ2) is 20.4. The smallest absolute Gasteiger partial charge is 0.243 e. The van der Waals surface area contributed by atoms with Gasteiger partial charge in [-0.05, 0) is 18.4 Å². The highest BCUT2D eigenvalue weighted by Crippen LogP contribution is 2.08. The first-order valence-electron chi connectivity index (χ1n) is 16.4. The van der Waals surface area contributed by atoms with Crippen molar-refractivity contribution in [2.45, 2.75) is 63.2 Å². The molecule has 2 aromatic rings. The lowest BCUT2D eigenvalue weighted by atomic mass is 10.0. The Balaban J connectivity index is 1.94. The highest BCUT2D eigenvalue weighted by molar-refractivity contribution is 5.96. The van der Waals surface area contributed by atoms with Crippen molar-refractivity contribution in [3.8, 4) is 0 Å². The summed E-state index contributed by atoms with van der Waals surface area (Å²) in [5.41, 5.74) is 6.22. The average molecular weight is 726 g/mol. The third-order valence-electron chi connectivity index (χ3n) is 7.60. The summed E-state index contributed by atoms with van der Waals surface area (Å²) in [5, 5.41) is 19.8. The number of amides is 9. The van der Waals surface area contributed by atoms with Crippen molar-refractivity contribution in [1.29, 1.82) is 0 Å². The zero-order chi connectivity index (χ0) is 38.0. The quantitative estimate of drug-likeness (QED) is 0.112. The van der Waals surface area contributed by atoms with Crippen LogP contribution in [0.4, 0.5) is 0 Å². The number of hydrogen-bond acceptors (Lipinski definition) is 10. The minimum Gasteiger partial charge on any atom is -0.368 e. The Bertz CT molecular complexity index is 1600. The van der Waals surface area contributed by atoms with Gasteiger partial charge in [0.2, 0.25) is 53.2 Å². The van der Waals surface area contributed by atoms with E-state index in [4.69, 9.17) is 5.73 Å². The van der Waals surface area contributed by atoms with Crippen LogP contribution in [0.5, 0.6) is 0 Å². The largest absolute Gasteiger partial charge is 0.368 e. The lowest BCUT2D eigenvalue weighted by molar-refractivity contribution is -0.134. The maximum atomic E-state index is 13.8. The topological polar surface area (TPSA) is 305 Å². The van der Waals surface area contributed by atoms with Crippen LogP contribution in [0.25, 0.3) is 0 Å². The molecule has 9 amide bonds. The van der Waals surface area contributed by atoms with Gasteiger partial charge in [-0.25, -0.2) is 4.98 Å². The number of hydrogen-bond donors (Lipinski definition) is 10. The van der Waals surface area contributed by atoms with Crippen molar-refractivity contribution >= 4 is 53.2 Å². The Kier molecular flexibility index (Phi) is 15.7. The summed E-state index contributed by atoms with van der Waals surface area (Å²) < 4.78 is 0. The molecule has 3 rings (SSSR count). The number of primary amides is 1. The maximum absolute atomic E-state index is 13.8. The number of nitrogens with one attached hydrogen (secondary N) is 9. The van der Waals surface area contributed by atoms with Gasteiger partial charge in [-0.2, -0.15) is 0 Å². The Hall–Kier alpha value is -6.34. The van der Waals surface area contributed by atoms with E-state index >= 15 is 0 Å². The molecule has 52 heavy (non-hydrogen) atoms. The monoisotopic (exact) mass is 725 g/mol. The second-order valence-electron chi connectivity index (χ2n) is 11.8. The van der Waals surface area contributed by atoms with Crippen LogP contribution in [0.3, 0.4) is 0 Å². The maximum Gasteiger partial charge on any atom is 0.243 e. The molecule has 280 valence electrons. The van der Waals surface area contributed by atoms with Crippen LogP contribution in [0.1, 0.15) is 37.4 Å². The van der Waals surface area contributed by atoms with Crippen molar-refractivity contribution in [3.05, 3.63) is 54.1 Å². The van der Waals surface area contributed by atoms with Crippen LogP contribution in [-0.4, -0.2) is 113 Å². The number of H-pyrrole nitrogens is 1. The van der Waals surface area contributed by atoms with E-state index in [1.807, 2.05) is 0 Å². The van der Waals surface area contributed by atoms with Crippen LogP contribution in [0.15, 0.2) is 42.9 Å². The highest BCUT2D eigenvalue weighted by Gasteiger charge is 2.31. The van der Waals surface area contributed by atoms with Crippen LogP contribution in [-0.2, 0) is 56.0 Å². The van der Waals surface area contributed by atoms with Crippen molar-refractivity contribution in [3.63, 3.8) is 0 Å². The summed E-state index contributed by atoms with van der Waals surface area (Å²) in [5.74, 6) is -6.64. The molecule has 1 saturated heterocycles. The summed E-state index contributed by atoms with van der Waals surface area (Å²) in [7, 11) is 0. The Morgan fingerprint density at radius 3 is 2.21 bits per heavy atom. The van der Waals surface area contributed by atoms with E-state index in [1.54, 1.807) is 30.3 Å². The number of imidazole rings is 1. The molecule has 0 aliphatic carbocycles. The zero-order valence-electron chi connectivity index (χ0n) is 28.4. The first kappa shape index (κ1) is 40.1. The SMILES string of the molecule is CC(=O)NCC(=O)N[C@H]1CCC(=O)NCC[C@@H](C(=O)NCC(N)=O)NC(=O)CNC(=O)[C@@H](Cc2ccccc2)NC(=O)[C@H](Cc2cnc[nH]2)NC1=O. The number of aromatic amines is 1. The number of nitrogens with two attached hydrogens (primary N) is 1. The molecule has 1 fully saturated rings. The summed E-state index contributed by atoms with van der Waals surface area (Å²) in [4.78, 5) is 121. The summed E-state index contributed by atoms with van der Waals surface area (Å²) in [6, 6.07) is 3.48. The zero-order valence-corrected chi connectivity index (χ0v) is 28.4. The summed E-state index contributed by atoms with van der Waals surface area (Å²) in [6.07, 6.45) is 1.96. The van der Waals surface area contributed by atoms with Gasteiger partial charge in [-0.15, -0.1) is 0 Å². The van der Waals surface area contributed by atoms with E-state index in [1.165, 1.54) is 19.4 Å². The van der Waals surface area contributed by atoms with Crippen molar-refractivity contribution < 1.29 is 43.2 Å². The minimum absolute atomic E-state index is 0.0154. The second-order valence-corrected chi connectivity index (χ2v) is 11.8. The molecule has 1 aliphatic heterocycles. The number of nitrogens with zero attached hydrogens (tertiary/aromatic N) is 1. The number of carbonyl (C=O) groups is 9. The van der Waals surface area contributed by atoms with E-state index in [0.717, 1.165) is 0 Å². The van der Waals surface area contributed by atoms with Crippen molar-refractivity contribution in [1.82, 2.24) is 52.5 Å². The lowest BCUT2D eigenvalue weighted by Crippen LogP contribution is -2.58. The molecule has 20 nitrogen and oxygen atoms in total. The fraction of sp³-hybridized carbons (Fsp3) is 0.438. The molecule has 1 aliphatic rings. The molecule has 1 aromatic carbocycles. The van der Waals surface area contributed by atoms with Gasteiger partial charge in [0, 0.05) is 44.6 Å². The van der Waals surface area contributed by atoms with Crippen molar-refractivity contribution in [2.24, 2.45) is 5.73 Å². The Labute approximate surface area is 297 Å². The van der Waals surface area contributed by atoms with E-state index < -0.39 is 97.0 Å². The van der Waals surface area contributed by atoms with Gasteiger partial charge in [0.1, 0.15) is 24.2 Å². The van der Waals surface area contributed by atoms with Gasteiger partial charge in [-0.1, -0.05) is 30.3 Å². The molecule has 11 N–H and O–H groups in total. The molecule has 1 aromatic heterocycles. The first-order chi connectivity index (χ1) is 24.8. The molecule has 0 bridgehead atoms. The fourth-order valence-corrected chi connectivity index (χ4v) is 4.97. The summed E-state index contributed by atoms with van der Waals surface area (Å²) in [6.45, 7) is -0.543. The number of benzene rings is 1. The van der Waals surface area contributed by atoms with Gasteiger partial charge in [0.15, 0.2) is 0 Å². The highest BCUT2D eigenvalue weighted by atomic mass is 16.2. The van der Waals surface area contributed by atoms with Crippen LogP contribution >= 0.6 is 0 Å². The van der Waals surface area contributed by atoms with Gasteiger partial charge in [0.25, 0.3) is 0 Å². The third kappa shape index (κ3) is 14.3. The average Bonchev–Trinajstić information content (AvgIpc) is 3.62. The van der Waals surface area contributed by atoms with Gasteiger partial charge in [0.05, 0.1) is 26.0 Å². The lowest BCUT2D eigenvalue weighted by Gasteiger charge is -2.25. The van der Waals surface area contributed by atoms with E-state index in [2.05, 4.69) is 52.5 Å². The van der Waals surface area contributed by atoms with Crippen molar-refractivity contribution in [2.75, 3.05) is 26.2 Å². The predicted molar refractivity (Wildman–Crippen MR) is 181 cm³/mol. The number of carbonyl (C=O) groups excluding carboxylic acids is 9. The normalized spacial score (nSPS) is 20.9. The van der Waals surface area contributed by atoms with E-state index in [-0.39, 0.29) is 38.6 Å². The Morgan fingerprint density at radius 1 is 0.827 bits per heavy atom. The number of aromatic nitrogens is 2. The summed E-state index contributed by atoms with van der Waals surface area (Å²) >= 11 is 0. The number of rotatable bonds is 10. The molecule has 4 atom stereocenters. The molecule has 0 radical (unpaired) electrons. The molecule has 20 heteroatoms. The van der Waals surface area contributed by atoms with E-state index in [0.29, 0.717) is 11.3 Å². The Morgan fingerprint density at radius 2 is 1.54 bits per heavy atom. The standard InChI is InChI=1S/C32H43N11O9/c1-18(44)36-15-27(47)40-21-7-8-26(46)35-10-9-22(29(49)37-14-25(33)45)41-28(48)16-38-30(50)23(11-19-5-3-2-4-6-19)42-32(52)24(43-31(21)51)12-20-13-34-17-39-20/h2-6,13,17,21-24H,7-12,14-16H2,1H3,(H2,33,45)(H,34,39)(H,35,46)(H,36,44)(H,37,49)(H,38,50)(H,40,47)(H,41,48)(H,42,52)(H,43,51)/t21-,22-,23+,24-/m0/s1. The molecular weight excluding hydrogens is 682 g/mol. The first-order valence-corrected chi connectivity index (χ1v) is 16.4. The van der Waals surface area contributed by atoms with Gasteiger partial charge < -0.3 is 53.3 Å². The molecule has 0 unspecified atom stereocenters. The molecule has 2 heterocycles. The van der Waals surface area contributed by atoms with Crippen LogP contribution in [0.2, 0.25) is 0 Å².